The summed E-state index contributed by atoms with van der Waals surface area (Å²) in [4.78, 5) is 0. The fourth-order valence-electron chi connectivity index (χ4n) is 1.86. The van der Waals surface area contributed by atoms with Gasteiger partial charge in [0.2, 0.25) is 0 Å². The monoisotopic (exact) mass is 257 g/mol. The molecule has 17 heavy (non-hydrogen) atoms. The van der Waals surface area contributed by atoms with Crippen molar-refractivity contribution in [3.8, 4) is 0 Å². The number of hydrazine groups is 1. The Kier molecular flexibility index (Phi) is 5.71. The molecular weight excluding hydrogens is 238 g/mol. The second kappa shape index (κ2) is 6.81. The molecule has 0 aromatic heterocycles. The maximum atomic E-state index is 5.95. The first-order valence-corrected chi connectivity index (χ1v) is 5.98. The van der Waals surface area contributed by atoms with Crippen molar-refractivity contribution < 1.29 is 4.74 Å². The van der Waals surface area contributed by atoms with E-state index in [0.717, 1.165) is 12.0 Å². The molecule has 5 N–H and O–H groups in total. The van der Waals surface area contributed by atoms with Crippen LogP contribution in [0.25, 0.3) is 0 Å². The standard InChI is InChI=1S/C12H20ClN3O/c1-8(5-6-17-2)12(16-15)10-4-3-9(13)7-11(10)14/h3-4,7-8,12,16H,5-6,14-15H2,1-2H3. The maximum absolute atomic E-state index is 5.95. The number of rotatable bonds is 6. The third kappa shape index (κ3) is 3.85. The van der Waals surface area contributed by atoms with Crippen molar-refractivity contribution in [1.29, 1.82) is 0 Å². The molecule has 0 aliphatic carbocycles. The van der Waals surface area contributed by atoms with Crippen LogP contribution in [0.4, 0.5) is 5.69 Å². The van der Waals surface area contributed by atoms with Gasteiger partial charge in [0.05, 0.1) is 6.04 Å². The van der Waals surface area contributed by atoms with Gasteiger partial charge < -0.3 is 10.5 Å². The molecule has 0 bridgehead atoms. The molecule has 0 aliphatic heterocycles. The predicted molar refractivity (Wildman–Crippen MR) is 71.6 cm³/mol. The number of nitrogen functional groups attached to an aromatic ring is 1. The van der Waals surface area contributed by atoms with Crippen LogP contribution in [0.2, 0.25) is 5.02 Å². The number of benzene rings is 1. The average molecular weight is 258 g/mol. The predicted octanol–water partition coefficient (Wildman–Crippen LogP) is 2.10. The summed E-state index contributed by atoms with van der Waals surface area (Å²) in [7, 11) is 1.69. The highest BCUT2D eigenvalue weighted by molar-refractivity contribution is 6.30. The quantitative estimate of drug-likeness (QED) is 0.415. The lowest BCUT2D eigenvalue weighted by atomic mass is 9.91. The number of nitrogens with two attached hydrogens (primary N) is 2. The highest BCUT2D eigenvalue weighted by Crippen LogP contribution is 2.29. The molecular formula is C12H20ClN3O. The van der Waals surface area contributed by atoms with Crippen LogP contribution in [0.3, 0.4) is 0 Å². The minimum absolute atomic E-state index is 0.00224. The molecule has 0 heterocycles. The summed E-state index contributed by atoms with van der Waals surface area (Å²) in [6.07, 6.45) is 0.910. The van der Waals surface area contributed by atoms with Gasteiger partial charge in [0.1, 0.15) is 0 Å². The Morgan fingerprint density at radius 1 is 1.47 bits per heavy atom. The first-order valence-electron chi connectivity index (χ1n) is 5.60. The molecule has 2 atom stereocenters. The molecule has 2 unspecified atom stereocenters. The lowest BCUT2D eigenvalue weighted by Gasteiger charge is -2.24. The number of hydrogen-bond acceptors (Lipinski definition) is 4. The van der Waals surface area contributed by atoms with Gasteiger partial charge in [-0.15, -0.1) is 0 Å². The van der Waals surface area contributed by atoms with Crippen LogP contribution in [0, 0.1) is 5.92 Å². The van der Waals surface area contributed by atoms with Gasteiger partial charge in [-0.25, -0.2) is 0 Å². The van der Waals surface area contributed by atoms with Crippen LogP contribution < -0.4 is 17.0 Å². The molecule has 0 saturated heterocycles. The molecule has 0 radical (unpaired) electrons. The molecule has 96 valence electrons. The summed E-state index contributed by atoms with van der Waals surface area (Å²) in [5.74, 6) is 5.93. The van der Waals surface area contributed by atoms with Crippen molar-refractivity contribution in [3.05, 3.63) is 28.8 Å². The molecule has 0 spiro atoms. The average Bonchev–Trinajstić information content (AvgIpc) is 2.30. The molecule has 0 saturated carbocycles. The number of halogens is 1. The van der Waals surface area contributed by atoms with E-state index in [-0.39, 0.29) is 6.04 Å². The summed E-state index contributed by atoms with van der Waals surface area (Å²) >= 11 is 5.88. The van der Waals surface area contributed by atoms with Crippen molar-refractivity contribution in [2.45, 2.75) is 19.4 Å². The lowest BCUT2D eigenvalue weighted by molar-refractivity contribution is 0.170. The number of hydrogen-bond donors (Lipinski definition) is 3. The zero-order valence-electron chi connectivity index (χ0n) is 10.2. The van der Waals surface area contributed by atoms with E-state index in [4.69, 9.17) is 27.9 Å². The van der Waals surface area contributed by atoms with Gasteiger partial charge in [-0.1, -0.05) is 24.6 Å². The molecule has 1 aromatic carbocycles. The van der Waals surface area contributed by atoms with Crippen molar-refractivity contribution >= 4 is 17.3 Å². The molecule has 4 nitrogen and oxygen atoms in total. The van der Waals surface area contributed by atoms with E-state index >= 15 is 0 Å². The summed E-state index contributed by atoms with van der Waals surface area (Å²) in [6, 6.07) is 5.47. The second-order valence-electron chi connectivity index (χ2n) is 4.18. The van der Waals surface area contributed by atoms with Crippen molar-refractivity contribution in [2.24, 2.45) is 11.8 Å². The Balaban J connectivity index is 2.85. The molecule has 0 aliphatic rings. The van der Waals surface area contributed by atoms with Crippen molar-refractivity contribution in [3.63, 3.8) is 0 Å². The highest BCUT2D eigenvalue weighted by Gasteiger charge is 2.19. The Hall–Kier alpha value is -0.810. The van der Waals surface area contributed by atoms with Crippen LogP contribution in [0.5, 0.6) is 0 Å². The third-order valence-corrected chi connectivity index (χ3v) is 3.14. The van der Waals surface area contributed by atoms with Crippen LogP contribution in [0.15, 0.2) is 18.2 Å². The number of anilines is 1. The first kappa shape index (κ1) is 14.3. The van der Waals surface area contributed by atoms with Gasteiger partial charge in [-0.2, -0.15) is 0 Å². The Morgan fingerprint density at radius 2 is 2.18 bits per heavy atom. The number of ether oxygens (including phenoxy) is 1. The molecule has 1 rings (SSSR count). The fourth-order valence-corrected chi connectivity index (χ4v) is 2.04. The van der Waals surface area contributed by atoms with Crippen LogP contribution in [-0.2, 0) is 4.74 Å². The van der Waals surface area contributed by atoms with Gasteiger partial charge in [-0.3, -0.25) is 11.3 Å². The van der Waals surface area contributed by atoms with Gasteiger partial charge in [0.25, 0.3) is 0 Å². The minimum Gasteiger partial charge on any atom is -0.398 e. The summed E-state index contributed by atoms with van der Waals surface area (Å²) in [5, 5.41) is 0.631. The van der Waals surface area contributed by atoms with Gasteiger partial charge in [0.15, 0.2) is 0 Å². The largest absolute Gasteiger partial charge is 0.398 e. The summed E-state index contributed by atoms with van der Waals surface area (Å²) in [5.41, 5.74) is 10.4. The zero-order valence-corrected chi connectivity index (χ0v) is 11.0. The van der Waals surface area contributed by atoms with Gasteiger partial charge >= 0.3 is 0 Å². The smallest absolute Gasteiger partial charge is 0.0506 e. The van der Waals surface area contributed by atoms with E-state index in [1.54, 1.807) is 13.2 Å². The number of nitrogens with one attached hydrogen (secondary N) is 1. The van der Waals surface area contributed by atoms with E-state index < -0.39 is 0 Å². The van der Waals surface area contributed by atoms with Crippen LogP contribution in [-0.4, -0.2) is 13.7 Å². The summed E-state index contributed by atoms with van der Waals surface area (Å²) < 4.78 is 5.07. The molecule has 0 fully saturated rings. The fraction of sp³-hybridized carbons (Fsp3) is 0.500. The molecule has 1 aromatic rings. The lowest BCUT2D eigenvalue weighted by Crippen LogP contribution is -2.33. The van der Waals surface area contributed by atoms with Crippen LogP contribution in [0.1, 0.15) is 24.9 Å². The van der Waals surface area contributed by atoms with E-state index in [1.165, 1.54) is 0 Å². The number of methoxy groups -OCH3 is 1. The topological polar surface area (TPSA) is 73.3 Å². The highest BCUT2D eigenvalue weighted by atomic mass is 35.5. The SMILES string of the molecule is COCCC(C)C(NN)c1ccc(Cl)cc1N. The van der Waals surface area contributed by atoms with E-state index in [2.05, 4.69) is 12.3 Å². The molecule has 0 amide bonds. The summed E-state index contributed by atoms with van der Waals surface area (Å²) in [6.45, 7) is 2.81. The van der Waals surface area contributed by atoms with E-state index in [0.29, 0.717) is 23.2 Å². The Bertz CT molecular complexity index is 360. The third-order valence-electron chi connectivity index (χ3n) is 2.91. The maximum Gasteiger partial charge on any atom is 0.0506 e. The van der Waals surface area contributed by atoms with E-state index in [9.17, 15) is 0 Å². The Labute approximate surface area is 107 Å². The normalized spacial score (nSPS) is 14.6. The second-order valence-corrected chi connectivity index (χ2v) is 4.61. The minimum atomic E-state index is 0.00224. The Morgan fingerprint density at radius 3 is 2.71 bits per heavy atom. The zero-order chi connectivity index (χ0) is 12.8. The van der Waals surface area contributed by atoms with E-state index in [1.807, 2.05) is 12.1 Å². The van der Waals surface area contributed by atoms with Crippen molar-refractivity contribution in [1.82, 2.24) is 5.43 Å². The van der Waals surface area contributed by atoms with Gasteiger partial charge in [0, 0.05) is 24.4 Å². The van der Waals surface area contributed by atoms with Crippen molar-refractivity contribution in [2.75, 3.05) is 19.5 Å². The first-order chi connectivity index (χ1) is 8.10. The molecule has 5 heteroatoms. The van der Waals surface area contributed by atoms with Crippen LogP contribution >= 0.6 is 11.6 Å². The van der Waals surface area contributed by atoms with Gasteiger partial charge in [-0.05, 0) is 30.0 Å².